The van der Waals surface area contributed by atoms with Crippen molar-refractivity contribution in [1.82, 2.24) is 20.1 Å². The van der Waals surface area contributed by atoms with Gasteiger partial charge in [0.2, 0.25) is 0 Å². The zero-order chi connectivity index (χ0) is 14.4. The summed E-state index contributed by atoms with van der Waals surface area (Å²) in [5.74, 6) is 1.09. The molecule has 1 amide bonds. The molecule has 0 unspecified atom stereocenters. The number of para-hydroxylation sites is 1. The Morgan fingerprint density at radius 3 is 2.95 bits per heavy atom. The van der Waals surface area contributed by atoms with Gasteiger partial charge in [-0.15, -0.1) is 10.2 Å². The van der Waals surface area contributed by atoms with Crippen LogP contribution < -0.4 is 15.8 Å². The SMILES string of the molecule is Cn1cnnc1CNC(=O)COc1ccccc1CN. The Hall–Kier alpha value is -2.41. The average Bonchev–Trinajstić information content (AvgIpc) is 2.88. The molecule has 0 aliphatic heterocycles. The second-order valence-corrected chi connectivity index (χ2v) is 4.24. The molecule has 0 saturated carbocycles. The third-order valence-corrected chi connectivity index (χ3v) is 2.80. The van der Waals surface area contributed by atoms with E-state index < -0.39 is 0 Å². The van der Waals surface area contributed by atoms with Crippen molar-refractivity contribution in [1.29, 1.82) is 0 Å². The summed E-state index contributed by atoms with van der Waals surface area (Å²) in [6, 6.07) is 7.38. The zero-order valence-electron chi connectivity index (χ0n) is 11.2. The van der Waals surface area contributed by atoms with Gasteiger partial charge in [0.1, 0.15) is 12.1 Å². The van der Waals surface area contributed by atoms with Gasteiger partial charge in [0.05, 0.1) is 6.54 Å². The van der Waals surface area contributed by atoms with Crippen LogP contribution in [0.15, 0.2) is 30.6 Å². The summed E-state index contributed by atoms with van der Waals surface area (Å²) in [4.78, 5) is 11.7. The Balaban J connectivity index is 1.82. The van der Waals surface area contributed by atoms with E-state index in [4.69, 9.17) is 10.5 Å². The molecule has 0 fully saturated rings. The van der Waals surface area contributed by atoms with Crippen molar-refractivity contribution in [2.24, 2.45) is 12.8 Å². The summed E-state index contributed by atoms with van der Waals surface area (Å²) < 4.78 is 7.20. The predicted octanol–water partition coefficient (Wildman–Crippen LogP) is -0.0310. The van der Waals surface area contributed by atoms with E-state index in [-0.39, 0.29) is 12.5 Å². The Morgan fingerprint density at radius 1 is 1.45 bits per heavy atom. The molecule has 20 heavy (non-hydrogen) atoms. The van der Waals surface area contributed by atoms with Crippen molar-refractivity contribution in [2.75, 3.05) is 6.61 Å². The van der Waals surface area contributed by atoms with Crippen molar-refractivity contribution in [3.8, 4) is 5.75 Å². The topological polar surface area (TPSA) is 95.1 Å². The van der Waals surface area contributed by atoms with E-state index in [0.717, 1.165) is 5.56 Å². The number of rotatable bonds is 6. The lowest BCUT2D eigenvalue weighted by Crippen LogP contribution is -2.29. The molecule has 3 N–H and O–H groups in total. The number of aryl methyl sites for hydroxylation is 1. The Kier molecular flexibility index (Phi) is 4.67. The first-order chi connectivity index (χ1) is 9.70. The maximum absolute atomic E-state index is 11.7. The molecule has 2 rings (SSSR count). The number of nitrogens with one attached hydrogen (secondary N) is 1. The molecule has 0 spiro atoms. The molecular weight excluding hydrogens is 258 g/mol. The standard InChI is InChI=1S/C13H17N5O2/c1-18-9-16-17-12(18)7-15-13(19)8-20-11-5-3-2-4-10(11)6-14/h2-5,9H,6-8,14H2,1H3,(H,15,19). The van der Waals surface area contributed by atoms with Gasteiger partial charge in [-0.1, -0.05) is 18.2 Å². The number of nitrogens with two attached hydrogens (primary N) is 1. The minimum atomic E-state index is -0.222. The third-order valence-electron chi connectivity index (χ3n) is 2.80. The lowest BCUT2D eigenvalue weighted by molar-refractivity contribution is -0.123. The second kappa shape index (κ2) is 6.67. The van der Waals surface area contributed by atoms with Gasteiger partial charge in [-0.05, 0) is 6.07 Å². The molecular formula is C13H17N5O2. The van der Waals surface area contributed by atoms with Gasteiger partial charge >= 0.3 is 0 Å². The number of benzene rings is 1. The second-order valence-electron chi connectivity index (χ2n) is 4.24. The molecule has 0 radical (unpaired) electrons. The van der Waals surface area contributed by atoms with E-state index in [2.05, 4.69) is 15.5 Å². The molecule has 1 aromatic carbocycles. The van der Waals surface area contributed by atoms with Gasteiger partial charge in [0, 0.05) is 19.2 Å². The number of carbonyl (C=O) groups is 1. The molecule has 2 aromatic rings. The summed E-state index contributed by atoms with van der Waals surface area (Å²) in [6.45, 7) is 0.628. The largest absolute Gasteiger partial charge is 0.483 e. The Morgan fingerprint density at radius 2 is 2.25 bits per heavy atom. The van der Waals surface area contributed by atoms with Crippen molar-refractivity contribution in [3.63, 3.8) is 0 Å². The van der Waals surface area contributed by atoms with E-state index in [1.807, 2.05) is 25.2 Å². The summed E-state index contributed by atoms with van der Waals surface area (Å²) in [6.07, 6.45) is 1.58. The van der Waals surface area contributed by atoms with E-state index in [9.17, 15) is 4.79 Å². The third kappa shape index (κ3) is 3.55. The molecule has 7 nitrogen and oxygen atoms in total. The fourth-order valence-corrected chi connectivity index (χ4v) is 1.65. The summed E-state index contributed by atoms with van der Waals surface area (Å²) in [7, 11) is 1.81. The van der Waals surface area contributed by atoms with Crippen LogP contribution in [0.1, 0.15) is 11.4 Å². The van der Waals surface area contributed by atoms with Crippen LogP contribution in [0, 0.1) is 0 Å². The van der Waals surface area contributed by atoms with Gasteiger partial charge in [0.15, 0.2) is 12.4 Å². The van der Waals surface area contributed by atoms with Crippen molar-refractivity contribution in [3.05, 3.63) is 42.0 Å². The number of hydrogen-bond donors (Lipinski definition) is 2. The minimum Gasteiger partial charge on any atom is -0.483 e. The highest BCUT2D eigenvalue weighted by molar-refractivity contribution is 5.77. The highest BCUT2D eigenvalue weighted by atomic mass is 16.5. The molecule has 1 heterocycles. The van der Waals surface area contributed by atoms with Gasteiger partial charge < -0.3 is 20.4 Å². The highest BCUT2D eigenvalue weighted by Crippen LogP contribution is 2.16. The van der Waals surface area contributed by atoms with Crippen molar-refractivity contribution in [2.45, 2.75) is 13.1 Å². The lowest BCUT2D eigenvalue weighted by Gasteiger charge is -2.10. The van der Waals surface area contributed by atoms with Gasteiger partial charge in [-0.25, -0.2) is 0 Å². The predicted molar refractivity (Wildman–Crippen MR) is 72.7 cm³/mol. The van der Waals surface area contributed by atoms with E-state index in [1.165, 1.54) is 0 Å². The quantitative estimate of drug-likeness (QED) is 0.772. The fraction of sp³-hybridized carbons (Fsp3) is 0.308. The van der Waals surface area contributed by atoms with Crippen LogP contribution in [0.3, 0.4) is 0 Å². The number of hydrogen-bond acceptors (Lipinski definition) is 5. The van der Waals surface area contributed by atoms with Gasteiger partial charge in [-0.2, -0.15) is 0 Å². The number of nitrogens with zero attached hydrogens (tertiary/aromatic N) is 3. The van der Waals surface area contributed by atoms with E-state index in [1.54, 1.807) is 17.0 Å². The average molecular weight is 275 g/mol. The summed E-state index contributed by atoms with van der Waals surface area (Å²) >= 11 is 0. The molecule has 0 aliphatic rings. The molecule has 0 saturated heterocycles. The fourth-order valence-electron chi connectivity index (χ4n) is 1.65. The first-order valence-corrected chi connectivity index (χ1v) is 6.21. The monoisotopic (exact) mass is 275 g/mol. The van der Waals surface area contributed by atoms with Crippen molar-refractivity contribution < 1.29 is 9.53 Å². The first kappa shape index (κ1) is 14.0. The van der Waals surface area contributed by atoms with Crippen molar-refractivity contribution >= 4 is 5.91 Å². The van der Waals surface area contributed by atoms with Crippen LogP contribution in [0.2, 0.25) is 0 Å². The van der Waals surface area contributed by atoms with Crippen LogP contribution in [-0.4, -0.2) is 27.3 Å². The minimum absolute atomic E-state index is 0.0607. The number of aromatic nitrogens is 3. The Labute approximate surface area is 116 Å². The van der Waals surface area contributed by atoms with Crippen LogP contribution in [0.25, 0.3) is 0 Å². The van der Waals surface area contributed by atoms with Crippen LogP contribution >= 0.6 is 0 Å². The van der Waals surface area contributed by atoms with Crippen LogP contribution in [0.5, 0.6) is 5.75 Å². The van der Waals surface area contributed by atoms with E-state index in [0.29, 0.717) is 24.7 Å². The normalized spacial score (nSPS) is 10.3. The van der Waals surface area contributed by atoms with Gasteiger partial charge in [-0.3, -0.25) is 4.79 Å². The van der Waals surface area contributed by atoms with Gasteiger partial charge in [0.25, 0.3) is 5.91 Å². The van der Waals surface area contributed by atoms with Crippen LogP contribution in [0.4, 0.5) is 0 Å². The molecule has 0 aliphatic carbocycles. The summed E-state index contributed by atoms with van der Waals surface area (Å²) in [5, 5.41) is 10.3. The van der Waals surface area contributed by atoms with Crippen LogP contribution in [-0.2, 0) is 24.9 Å². The lowest BCUT2D eigenvalue weighted by atomic mass is 10.2. The Bertz CT molecular complexity index is 582. The molecule has 0 atom stereocenters. The number of ether oxygens (including phenoxy) is 1. The molecule has 0 bridgehead atoms. The number of carbonyl (C=O) groups excluding carboxylic acids is 1. The first-order valence-electron chi connectivity index (χ1n) is 6.21. The highest BCUT2D eigenvalue weighted by Gasteiger charge is 2.07. The van der Waals surface area contributed by atoms with E-state index >= 15 is 0 Å². The smallest absolute Gasteiger partial charge is 0.258 e. The molecule has 7 heteroatoms. The molecule has 1 aromatic heterocycles. The maximum atomic E-state index is 11.7. The molecule has 106 valence electrons. The maximum Gasteiger partial charge on any atom is 0.258 e. The number of amides is 1. The zero-order valence-corrected chi connectivity index (χ0v) is 11.2. The summed E-state index contributed by atoms with van der Waals surface area (Å²) in [5.41, 5.74) is 6.47.